The summed E-state index contributed by atoms with van der Waals surface area (Å²) in [5.74, 6) is -2.36. The first-order chi connectivity index (χ1) is 7.06. The summed E-state index contributed by atoms with van der Waals surface area (Å²) in [4.78, 5) is 24.8. The number of rotatable bonds is 3. The average molecular weight is 223 g/mol. The minimum absolute atomic E-state index is 0.0163. The fourth-order valence-corrected chi connectivity index (χ4v) is 1.09. The summed E-state index contributed by atoms with van der Waals surface area (Å²) >= 11 is 4.33. The van der Waals surface area contributed by atoms with Crippen LogP contribution >= 0.6 is 12.2 Å². The van der Waals surface area contributed by atoms with Crippen LogP contribution in [0.1, 0.15) is 20.7 Å². The number of thiocarbonyl (C=S) groups is 1. The predicted octanol–water partition coefficient (Wildman–Crippen LogP) is 1.82. The highest BCUT2D eigenvalue weighted by molar-refractivity contribution is 7.78. The van der Waals surface area contributed by atoms with Gasteiger partial charge in [-0.15, -0.1) is 0 Å². The van der Waals surface area contributed by atoms with Gasteiger partial charge in [-0.1, -0.05) is 0 Å². The zero-order chi connectivity index (χ0) is 11.4. The van der Waals surface area contributed by atoms with Crippen molar-refractivity contribution in [3.8, 4) is 0 Å². The zero-order valence-corrected chi connectivity index (χ0v) is 8.11. The third-order valence-corrected chi connectivity index (χ3v) is 1.73. The Morgan fingerprint density at radius 2 is 1.93 bits per heavy atom. The van der Waals surface area contributed by atoms with Gasteiger partial charge in [-0.3, -0.25) is 0 Å². The summed E-state index contributed by atoms with van der Waals surface area (Å²) in [7, 11) is 0. The zero-order valence-electron chi connectivity index (χ0n) is 7.30. The lowest BCUT2D eigenvalue weighted by atomic mass is 10.1. The van der Waals surface area contributed by atoms with Crippen molar-refractivity contribution < 1.29 is 19.8 Å². The van der Waals surface area contributed by atoms with E-state index in [1.807, 2.05) is 5.16 Å². The van der Waals surface area contributed by atoms with Crippen molar-refractivity contribution in [2.75, 3.05) is 0 Å². The Morgan fingerprint density at radius 3 is 2.40 bits per heavy atom. The Kier molecular flexibility index (Phi) is 3.28. The van der Waals surface area contributed by atoms with E-state index in [0.717, 1.165) is 12.1 Å². The number of aromatic carboxylic acids is 2. The molecule has 0 amide bonds. The van der Waals surface area contributed by atoms with Crippen molar-refractivity contribution in [2.45, 2.75) is 0 Å². The lowest BCUT2D eigenvalue weighted by molar-refractivity contribution is 0.0682. The Bertz CT molecular complexity index is 477. The largest absolute Gasteiger partial charge is 0.478 e. The highest BCUT2D eigenvalue weighted by atomic mass is 32.1. The molecule has 1 aromatic carbocycles. The third-order valence-electron chi connectivity index (χ3n) is 1.64. The number of carboxylic acid groups (broad SMARTS) is 2. The van der Waals surface area contributed by atoms with Gasteiger partial charge in [0.25, 0.3) is 0 Å². The van der Waals surface area contributed by atoms with Crippen molar-refractivity contribution in [2.24, 2.45) is 4.99 Å². The highest BCUT2D eigenvalue weighted by Gasteiger charge is 2.12. The van der Waals surface area contributed by atoms with E-state index in [9.17, 15) is 9.59 Å². The molecule has 2 N–H and O–H groups in total. The Hall–Kier alpha value is -2.04. The van der Waals surface area contributed by atoms with Crippen molar-refractivity contribution in [3.05, 3.63) is 29.3 Å². The summed E-state index contributed by atoms with van der Waals surface area (Å²) in [5, 5.41) is 19.4. The standard InChI is InChI=1S/C9H5NO4S/c11-8(12)5-1-2-6(9(13)14)7(3-5)10-4-15/h1-3H,(H,11,12)(H,13,14). The molecule has 5 nitrogen and oxygen atoms in total. The van der Waals surface area contributed by atoms with Crippen LogP contribution in [0, 0.1) is 0 Å². The molecule has 76 valence electrons. The Labute approximate surface area is 89.7 Å². The van der Waals surface area contributed by atoms with E-state index >= 15 is 0 Å². The van der Waals surface area contributed by atoms with Crippen LogP contribution in [-0.4, -0.2) is 27.3 Å². The smallest absolute Gasteiger partial charge is 0.337 e. The SMILES string of the molecule is O=C(O)c1ccc(C(=O)O)c(N=C=S)c1. The monoisotopic (exact) mass is 223 g/mol. The third kappa shape index (κ3) is 2.46. The number of benzene rings is 1. The maximum atomic E-state index is 10.7. The van der Waals surface area contributed by atoms with Gasteiger partial charge >= 0.3 is 11.9 Å². The van der Waals surface area contributed by atoms with Gasteiger partial charge in [-0.2, -0.15) is 4.99 Å². The second-order valence-corrected chi connectivity index (χ2v) is 2.73. The molecule has 0 bridgehead atoms. The van der Waals surface area contributed by atoms with Crippen molar-refractivity contribution >= 4 is 35.0 Å². The van der Waals surface area contributed by atoms with E-state index in [2.05, 4.69) is 17.2 Å². The summed E-state index contributed by atoms with van der Waals surface area (Å²) < 4.78 is 0. The Morgan fingerprint density at radius 1 is 1.27 bits per heavy atom. The van der Waals surface area contributed by atoms with E-state index in [1.54, 1.807) is 0 Å². The second-order valence-electron chi connectivity index (χ2n) is 2.55. The molecule has 0 atom stereocenters. The van der Waals surface area contributed by atoms with E-state index in [4.69, 9.17) is 10.2 Å². The molecule has 0 aliphatic carbocycles. The van der Waals surface area contributed by atoms with Gasteiger partial charge in [-0.25, -0.2) is 9.59 Å². The molecule has 15 heavy (non-hydrogen) atoms. The fourth-order valence-electron chi connectivity index (χ4n) is 0.987. The van der Waals surface area contributed by atoms with E-state index in [1.165, 1.54) is 6.07 Å². The summed E-state index contributed by atoms with van der Waals surface area (Å²) in [5.41, 5.74) is -0.182. The van der Waals surface area contributed by atoms with Crippen LogP contribution in [0.15, 0.2) is 23.2 Å². The molecular weight excluding hydrogens is 218 g/mol. The van der Waals surface area contributed by atoms with Gasteiger partial charge in [0, 0.05) is 0 Å². The van der Waals surface area contributed by atoms with Gasteiger partial charge in [0.05, 0.1) is 22.0 Å². The minimum Gasteiger partial charge on any atom is -0.478 e. The Balaban J connectivity index is 3.39. The van der Waals surface area contributed by atoms with Crippen LogP contribution in [0.4, 0.5) is 5.69 Å². The maximum absolute atomic E-state index is 10.7. The number of isothiocyanates is 1. The van der Waals surface area contributed by atoms with E-state index in [0.29, 0.717) is 0 Å². The number of carbonyl (C=O) groups is 2. The molecule has 1 aromatic rings. The summed E-state index contributed by atoms with van der Waals surface area (Å²) in [6.07, 6.45) is 0. The van der Waals surface area contributed by atoms with Gasteiger partial charge in [-0.05, 0) is 30.4 Å². The van der Waals surface area contributed by atoms with Crippen LogP contribution < -0.4 is 0 Å². The summed E-state index contributed by atoms with van der Waals surface area (Å²) in [6, 6.07) is 3.48. The first kappa shape index (κ1) is 11.0. The van der Waals surface area contributed by atoms with Gasteiger partial charge in [0.1, 0.15) is 0 Å². The van der Waals surface area contributed by atoms with Crippen LogP contribution in [0.5, 0.6) is 0 Å². The van der Waals surface area contributed by atoms with Crippen LogP contribution in [0.2, 0.25) is 0 Å². The number of hydrogen-bond donors (Lipinski definition) is 2. The average Bonchev–Trinajstić information content (AvgIpc) is 2.17. The number of aliphatic imine (C=N–C) groups is 1. The quantitative estimate of drug-likeness (QED) is 0.602. The van der Waals surface area contributed by atoms with Gasteiger partial charge in [0.15, 0.2) is 0 Å². The molecule has 0 aliphatic heterocycles. The fraction of sp³-hybridized carbons (Fsp3) is 0. The normalized spacial score (nSPS) is 9.07. The van der Waals surface area contributed by atoms with Crippen LogP contribution in [-0.2, 0) is 0 Å². The molecule has 0 fully saturated rings. The molecule has 1 rings (SSSR count). The molecule has 0 saturated carbocycles. The van der Waals surface area contributed by atoms with Crippen molar-refractivity contribution in [1.29, 1.82) is 0 Å². The molecule has 0 aromatic heterocycles. The molecule has 0 aliphatic rings. The molecule has 0 radical (unpaired) electrons. The maximum Gasteiger partial charge on any atom is 0.337 e. The lowest BCUT2D eigenvalue weighted by Crippen LogP contribution is -2.00. The molecule has 0 unspecified atom stereocenters. The predicted molar refractivity (Wildman–Crippen MR) is 55.0 cm³/mol. The number of hydrogen-bond acceptors (Lipinski definition) is 4. The van der Waals surface area contributed by atoms with Crippen molar-refractivity contribution in [3.63, 3.8) is 0 Å². The molecule has 0 heterocycles. The molecule has 0 saturated heterocycles. The van der Waals surface area contributed by atoms with Gasteiger partial charge in [0.2, 0.25) is 0 Å². The lowest BCUT2D eigenvalue weighted by Gasteiger charge is -2.00. The second kappa shape index (κ2) is 4.45. The molecular formula is C9H5NO4S. The summed E-state index contributed by atoms with van der Waals surface area (Å²) in [6.45, 7) is 0. The highest BCUT2D eigenvalue weighted by Crippen LogP contribution is 2.20. The van der Waals surface area contributed by atoms with Crippen LogP contribution in [0.3, 0.4) is 0 Å². The first-order valence-corrected chi connectivity index (χ1v) is 4.15. The number of carboxylic acids is 2. The topological polar surface area (TPSA) is 87.0 Å². The number of nitrogens with zero attached hydrogens (tertiary/aromatic N) is 1. The van der Waals surface area contributed by atoms with Gasteiger partial charge < -0.3 is 10.2 Å². The van der Waals surface area contributed by atoms with Crippen LogP contribution in [0.25, 0.3) is 0 Å². The van der Waals surface area contributed by atoms with Crippen molar-refractivity contribution in [1.82, 2.24) is 0 Å². The first-order valence-electron chi connectivity index (χ1n) is 3.74. The van der Waals surface area contributed by atoms with E-state index < -0.39 is 11.9 Å². The van der Waals surface area contributed by atoms with E-state index in [-0.39, 0.29) is 16.8 Å². The minimum atomic E-state index is -1.20. The molecule has 6 heteroatoms. The molecule has 0 spiro atoms.